The lowest BCUT2D eigenvalue weighted by Gasteiger charge is -2.25. The van der Waals surface area contributed by atoms with Crippen molar-refractivity contribution in [3.63, 3.8) is 0 Å². The number of carbonyl (C=O) groups excluding carboxylic acids is 5. The van der Waals surface area contributed by atoms with Crippen molar-refractivity contribution in [1.82, 2.24) is 58.6 Å². The van der Waals surface area contributed by atoms with Crippen molar-refractivity contribution in [3.8, 4) is 0 Å². The number of nitrogens with one attached hydrogen (secondary N) is 2. The summed E-state index contributed by atoms with van der Waals surface area (Å²) < 4.78 is 138. The summed E-state index contributed by atoms with van der Waals surface area (Å²) >= 11 is 0. The SMILES string of the molecule is CC(C)OC(=O)OCOP(=O)(O)CO[C@H](C)Cn1cnc2c(NCN(CNc3ncnc4c3ncn4C[C@@H](C)OCP(=O)(OCOC(=O)OC(C)C)OCOC(=O)OC(C)C)c3ncnc4c3ncn4C[C@@H](C)OCP(=O)(OCOC(=O)OC(C)C)OCOC(=O)OC(C)C)ncnc21. The summed E-state index contributed by atoms with van der Waals surface area (Å²) in [5, 5.41) is 6.60. The number of rotatable bonds is 42. The van der Waals surface area contributed by atoms with Gasteiger partial charge in [-0.15, -0.1) is 0 Å². The second kappa shape index (κ2) is 38.3. The molecular weight excluding hydrogens is 1380 g/mol. The molecule has 0 bridgehead atoms. The number of nitrogens with zero attached hydrogens (tertiary/aromatic N) is 13. The maximum atomic E-state index is 13.9. The highest BCUT2D eigenvalue weighted by molar-refractivity contribution is 7.54. The summed E-state index contributed by atoms with van der Waals surface area (Å²) in [6.07, 6.45) is -4.20. The van der Waals surface area contributed by atoms with Crippen LogP contribution >= 0.6 is 22.8 Å². The molecule has 0 fully saturated rings. The van der Waals surface area contributed by atoms with E-state index < -0.39 is 155 Å². The zero-order valence-corrected chi connectivity index (χ0v) is 59.2. The lowest BCUT2D eigenvalue weighted by molar-refractivity contribution is -0.0390. The van der Waals surface area contributed by atoms with E-state index in [1.54, 1.807) is 109 Å². The standard InChI is InChI=1S/C54H82N15O27P3/c1-33(2)92-50(70)79-25-87-97(75,76)30-84-38(11)14-66-20-61-41-44(55-17-57-46(41)66)64-23-69(49-43-48(59-19-60-49)68(22-63-43)16-40(13)86-32-99(78,90-28-82-53(73)95-36(7)8)91-29-83-54(74)96-37(9)10)24-65-45-42-47(58-18-56-45)67(21-62-42)15-39(12)85-31-98(77,88-26-80-51(71)93-34(3)4)89-27-81-52(72)94-35(5)6/h17-22,33-40H,14-16,23-32H2,1-13H3,(H,75,76)(H,55,57,64)(H,56,58,65)/t38-,39-,40-/m1/s1. The molecule has 0 radical (unpaired) electrons. The molecular formula is C54H82N15O27P3. The van der Waals surface area contributed by atoms with Crippen molar-refractivity contribution >= 4 is 105 Å². The van der Waals surface area contributed by atoms with Gasteiger partial charge in [0.15, 0.2) is 39.9 Å². The highest BCUT2D eigenvalue weighted by Crippen LogP contribution is 2.50. The molecule has 4 atom stereocenters. The summed E-state index contributed by atoms with van der Waals surface area (Å²) in [6.45, 7) is 16.5. The third kappa shape index (κ3) is 27.1. The van der Waals surface area contributed by atoms with E-state index in [0.717, 1.165) is 0 Å². The fraction of sp³-hybridized carbons (Fsp3) is 0.630. The molecule has 6 aromatic heterocycles. The summed E-state index contributed by atoms with van der Waals surface area (Å²) in [6, 6.07) is 0. The maximum absolute atomic E-state index is 13.9. The molecule has 6 rings (SSSR count). The Labute approximate surface area is 566 Å². The zero-order valence-electron chi connectivity index (χ0n) is 56.5. The van der Waals surface area contributed by atoms with E-state index in [2.05, 4.69) is 60.2 Å². The Hall–Kier alpha value is -8.27. The van der Waals surface area contributed by atoms with Gasteiger partial charge < -0.3 is 95.7 Å². The average molecular weight is 1470 g/mol. The lowest BCUT2D eigenvalue weighted by Crippen LogP contribution is -2.35. The van der Waals surface area contributed by atoms with Crippen LogP contribution in [0.25, 0.3) is 33.5 Å². The Bertz CT molecular complexity index is 3680. The van der Waals surface area contributed by atoms with Gasteiger partial charge in [0, 0.05) is 0 Å². The molecule has 0 saturated carbocycles. The molecule has 0 saturated heterocycles. The summed E-state index contributed by atoms with van der Waals surface area (Å²) in [5.41, 5.74) is 1.88. The van der Waals surface area contributed by atoms with Crippen LogP contribution in [0.3, 0.4) is 0 Å². The quantitative estimate of drug-likeness (QED) is 0.0140. The van der Waals surface area contributed by atoms with Gasteiger partial charge in [-0.05, 0) is 90.0 Å². The predicted octanol–water partition coefficient (Wildman–Crippen LogP) is 8.39. The van der Waals surface area contributed by atoms with E-state index in [1.165, 1.54) is 38.0 Å². The Morgan fingerprint density at radius 3 is 1.04 bits per heavy atom. The molecule has 42 nitrogen and oxygen atoms in total. The maximum Gasteiger partial charge on any atom is 0.510 e. The van der Waals surface area contributed by atoms with Crippen LogP contribution in [-0.2, 0) is 118 Å². The second-order valence-electron chi connectivity index (χ2n) is 22.3. The van der Waals surface area contributed by atoms with Gasteiger partial charge >= 0.3 is 53.6 Å². The highest BCUT2D eigenvalue weighted by Gasteiger charge is 2.32. The van der Waals surface area contributed by atoms with E-state index in [0.29, 0.717) is 28.0 Å². The van der Waals surface area contributed by atoms with Gasteiger partial charge in [-0.3, -0.25) is 36.3 Å². The van der Waals surface area contributed by atoms with Gasteiger partial charge in [-0.2, -0.15) is 0 Å². The van der Waals surface area contributed by atoms with Crippen LogP contribution in [0.2, 0.25) is 0 Å². The topological polar surface area (TPSA) is 481 Å². The molecule has 45 heteroatoms. The van der Waals surface area contributed by atoms with Crippen molar-refractivity contribution in [3.05, 3.63) is 38.0 Å². The molecule has 0 aromatic carbocycles. The van der Waals surface area contributed by atoms with Gasteiger partial charge in [-0.25, -0.2) is 68.8 Å². The summed E-state index contributed by atoms with van der Waals surface area (Å²) in [4.78, 5) is 113. The molecule has 99 heavy (non-hydrogen) atoms. The van der Waals surface area contributed by atoms with Gasteiger partial charge in [0.25, 0.3) is 0 Å². The molecule has 0 aliphatic rings. The number of hydrogen-bond donors (Lipinski definition) is 3. The van der Waals surface area contributed by atoms with Crippen molar-refractivity contribution in [2.24, 2.45) is 0 Å². The molecule has 0 spiro atoms. The molecule has 3 N–H and O–H groups in total. The number of hydrogen-bond acceptors (Lipinski definition) is 38. The Morgan fingerprint density at radius 2 is 0.707 bits per heavy atom. The predicted molar refractivity (Wildman–Crippen MR) is 340 cm³/mol. The molecule has 0 aliphatic carbocycles. The monoisotopic (exact) mass is 1470 g/mol. The molecule has 0 amide bonds. The summed E-state index contributed by atoms with van der Waals surface area (Å²) in [7, 11) is -13.1. The normalized spacial score (nSPS) is 13.5. The molecule has 0 aliphatic heterocycles. The first kappa shape index (κ1) is 79.7. The van der Waals surface area contributed by atoms with Crippen LogP contribution in [0.5, 0.6) is 0 Å². The Balaban J connectivity index is 1.21. The van der Waals surface area contributed by atoms with Crippen LogP contribution in [0, 0.1) is 0 Å². The number of aromatic nitrogens is 12. The molecule has 6 aromatic rings. The number of carbonyl (C=O) groups is 5. The second-order valence-corrected chi connectivity index (χ2v) is 28.1. The number of fused-ring (bicyclic) bond motifs is 3. The van der Waals surface area contributed by atoms with Gasteiger partial charge in [0.05, 0.1) is 101 Å². The van der Waals surface area contributed by atoms with Crippen LogP contribution in [0.4, 0.5) is 41.4 Å². The van der Waals surface area contributed by atoms with Crippen molar-refractivity contribution in [2.75, 3.05) is 81.9 Å². The van der Waals surface area contributed by atoms with Crippen molar-refractivity contribution < 1.29 is 127 Å². The average Bonchev–Trinajstić information content (AvgIpc) is 1.69. The van der Waals surface area contributed by atoms with Gasteiger partial charge in [-0.1, -0.05) is 0 Å². The van der Waals surface area contributed by atoms with E-state index in [1.807, 2.05) is 0 Å². The fourth-order valence-corrected chi connectivity index (χ4v) is 10.8. The van der Waals surface area contributed by atoms with E-state index in [9.17, 15) is 42.6 Å². The van der Waals surface area contributed by atoms with E-state index >= 15 is 0 Å². The van der Waals surface area contributed by atoms with Crippen LogP contribution < -0.4 is 15.5 Å². The minimum atomic E-state index is -4.39. The number of imidazole rings is 3. The smallest absolute Gasteiger partial charge is 0.432 e. The molecule has 1 unspecified atom stereocenters. The first-order chi connectivity index (χ1) is 46.9. The molecule has 550 valence electrons. The Kier molecular flexibility index (Phi) is 30.9. The minimum Gasteiger partial charge on any atom is -0.432 e. The largest absolute Gasteiger partial charge is 0.510 e. The van der Waals surface area contributed by atoms with Gasteiger partial charge in [0.1, 0.15) is 49.1 Å². The van der Waals surface area contributed by atoms with Crippen molar-refractivity contribution in [2.45, 2.75) is 158 Å². The number of ether oxygens (including phenoxy) is 13. The van der Waals surface area contributed by atoms with Crippen LogP contribution in [0.15, 0.2) is 38.0 Å². The van der Waals surface area contributed by atoms with E-state index in [4.69, 9.17) is 79.5 Å². The van der Waals surface area contributed by atoms with Crippen LogP contribution in [-0.4, -0.2) is 209 Å². The third-order valence-electron chi connectivity index (χ3n) is 12.1. The van der Waals surface area contributed by atoms with Gasteiger partial charge in [0.2, 0.25) is 34.0 Å². The lowest BCUT2D eigenvalue weighted by atomic mass is 10.4. The molecule has 6 heterocycles. The Morgan fingerprint density at radius 1 is 0.414 bits per heavy atom. The fourth-order valence-electron chi connectivity index (χ4n) is 7.88. The minimum absolute atomic E-state index is 0.0326. The van der Waals surface area contributed by atoms with Crippen molar-refractivity contribution in [1.29, 1.82) is 0 Å². The first-order valence-electron chi connectivity index (χ1n) is 30.3. The number of anilines is 3. The van der Waals surface area contributed by atoms with E-state index in [-0.39, 0.29) is 55.9 Å². The zero-order chi connectivity index (χ0) is 72.5. The summed E-state index contributed by atoms with van der Waals surface area (Å²) in [5.74, 6) is 0.761. The third-order valence-corrected chi connectivity index (χ3v) is 16.0. The highest BCUT2D eigenvalue weighted by atomic mass is 31.2. The van der Waals surface area contributed by atoms with Crippen LogP contribution in [0.1, 0.15) is 90.0 Å². The first-order valence-corrected chi connectivity index (χ1v) is 35.6.